The van der Waals surface area contributed by atoms with Crippen LogP contribution in [0.2, 0.25) is 5.02 Å². The summed E-state index contributed by atoms with van der Waals surface area (Å²) in [6.45, 7) is 1.49. The number of nitrogens with zero attached hydrogens (tertiary/aromatic N) is 4. The summed E-state index contributed by atoms with van der Waals surface area (Å²) in [6.07, 6.45) is 8.04. The summed E-state index contributed by atoms with van der Waals surface area (Å²) >= 11 is 5.82. The monoisotopic (exact) mass is 480 g/mol. The highest BCUT2D eigenvalue weighted by Gasteiger charge is 2.28. The number of hydrogen-bond acceptors (Lipinski definition) is 5. The molecule has 1 aliphatic rings. The number of benzene rings is 1. The van der Waals surface area contributed by atoms with Crippen LogP contribution in [-0.4, -0.2) is 50.2 Å². The molecule has 0 atom stereocenters. The van der Waals surface area contributed by atoms with Gasteiger partial charge in [-0.3, -0.25) is 14.4 Å². The van der Waals surface area contributed by atoms with Crippen molar-refractivity contribution in [3.63, 3.8) is 0 Å². The number of halogens is 1. The minimum Gasteiger partial charge on any atom is -0.339 e. The first-order valence-corrected chi connectivity index (χ1v) is 11.4. The fraction of sp³-hybridized carbons (Fsp3) is 0.292. The lowest BCUT2D eigenvalue weighted by Crippen LogP contribution is -2.41. The molecule has 1 aromatic carbocycles. The number of carbonyl (C=O) groups is 3. The number of likely N-dealkylation sites (tertiary alicyclic amines) is 1. The van der Waals surface area contributed by atoms with Gasteiger partial charge in [-0.1, -0.05) is 17.7 Å². The lowest BCUT2D eigenvalue weighted by molar-refractivity contribution is -0.121. The van der Waals surface area contributed by atoms with Crippen molar-refractivity contribution in [2.24, 2.45) is 5.92 Å². The van der Waals surface area contributed by atoms with Gasteiger partial charge < -0.3 is 20.1 Å². The van der Waals surface area contributed by atoms with Crippen molar-refractivity contribution in [3.8, 4) is 0 Å². The van der Waals surface area contributed by atoms with E-state index in [0.717, 1.165) is 0 Å². The van der Waals surface area contributed by atoms with E-state index >= 15 is 0 Å². The van der Waals surface area contributed by atoms with Gasteiger partial charge in [0, 0.05) is 61.8 Å². The second kappa shape index (κ2) is 10.9. The van der Waals surface area contributed by atoms with E-state index in [1.54, 1.807) is 60.0 Å². The molecule has 176 valence electrons. The number of aromatic nitrogens is 3. The third-order valence-corrected chi connectivity index (χ3v) is 5.90. The van der Waals surface area contributed by atoms with Crippen molar-refractivity contribution in [2.75, 3.05) is 23.7 Å². The lowest BCUT2D eigenvalue weighted by atomic mass is 9.95. The molecule has 10 heteroatoms. The molecule has 3 amide bonds. The molecule has 1 fully saturated rings. The smallest absolute Gasteiger partial charge is 0.253 e. The summed E-state index contributed by atoms with van der Waals surface area (Å²) in [7, 11) is 0. The first-order valence-electron chi connectivity index (χ1n) is 11.1. The molecule has 0 saturated carbocycles. The third kappa shape index (κ3) is 6.20. The number of hydrogen-bond donors (Lipinski definition) is 2. The molecule has 9 nitrogen and oxygen atoms in total. The number of nitrogens with one attached hydrogen (secondary N) is 2. The number of aryl methyl sites for hydroxylation is 1. The largest absolute Gasteiger partial charge is 0.339 e. The Morgan fingerprint density at radius 2 is 1.91 bits per heavy atom. The van der Waals surface area contributed by atoms with Crippen LogP contribution in [0, 0.1) is 5.92 Å². The van der Waals surface area contributed by atoms with Gasteiger partial charge in [0.05, 0.1) is 11.3 Å². The zero-order valence-corrected chi connectivity index (χ0v) is 19.2. The molecule has 34 heavy (non-hydrogen) atoms. The number of anilines is 2. The predicted molar refractivity (Wildman–Crippen MR) is 128 cm³/mol. The summed E-state index contributed by atoms with van der Waals surface area (Å²) in [4.78, 5) is 47.6. The third-order valence-electron chi connectivity index (χ3n) is 5.68. The van der Waals surface area contributed by atoms with E-state index in [9.17, 15) is 14.4 Å². The number of amides is 3. The summed E-state index contributed by atoms with van der Waals surface area (Å²) in [6, 6.07) is 10.2. The van der Waals surface area contributed by atoms with Gasteiger partial charge in [0.1, 0.15) is 5.82 Å². The van der Waals surface area contributed by atoms with Gasteiger partial charge in [0.25, 0.3) is 5.91 Å². The average Bonchev–Trinajstić information content (AvgIpc) is 3.38. The van der Waals surface area contributed by atoms with Crippen LogP contribution in [0.3, 0.4) is 0 Å². The summed E-state index contributed by atoms with van der Waals surface area (Å²) < 4.78 is 1.83. The number of rotatable bonds is 7. The minimum absolute atomic E-state index is 0.109. The molecule has 1 aliphatic heterocycles. The van der Waals surface area contributed by atoms with Gasteiger partial charge in [0.2, 0.25) is 11.8 Å². The fourth-order valence-corrected chi connectivity index (χ4v) is 3.92. The summed E-state index contributed by atoms with van der Waals surface area (Å²) in [5.41, 5.74) is 1.08. The zero-order chi connectivity index (χ0) is 23.9. The zero-order valence-electron chi connectivity index (χ0n) is 18.5. The SMILES string of the molecule is O=C(CCn1ccnc1)Nc1cccc(C(=O)N2CCC(C(=O)Nc3ccc(Cl)cn3)CC2)c1. The molecule has 4 rings (SSSR count). The van der Waals surface area contributed by atoms with Crippen molar-refractivity contribution >= 4 is 40.8 Å². The number of carbonyl (C=O) groups excluding carboxylic acids is 3. The van der Waals surface area contributed by atoms with E-state index in [-0.39, 0.29) is 23.6 Å². The molecule has 3 aromatic rings. The molecule has 0 aliphatic carbocycles. The molecule has 1 saturated heterocycles. The van der Waals surface area contributed by atoms with Gasteiger partial charge in [0.15, 0.2) is 0 Å². The Kier molecular flexibility index (Phi) is 7.54. The van der Waals surface area contributed by atoms with Crippen LogP contribution in [0.25, 0.3) is 0 Å². The minimum atomic E-state index is -0.192. The molecule has 3 heterocycles. The second-order valence-corrected chi connectivity index (χ2v) is 8.53. The van der Waals surface area contributed by atoms with Crippen LogP contribution < -0.4 is 10.6 Å². The Balaban J connectivity index is 1.27. The Hall–Kier alpha value is -3.72. The number of imidazole rings is 1. The first-order chi connectivity index (χ1) is 16.5. The topological polar surface area (TPSA) is 109 Å². The first kappa shape index (κ1) is 23.4. The van der Waals surface area contributed by atoms with Gasteiger partial charge in [-0.25, -0.2) is 9.97 Å². The van der Waals surface area contributed by atoms with E-state index in [4.69, 9.17) is 11.6 Å². The highest BCUT2D eigenvalue weighted by atomic mass is 35.5. The van der Waals surface area contributed by atoms with E-state index in [0.29, 0.717) is 61.0 Å². The lowest BCUT2D eigenvalue weighted by Gasteiger charge is -2.31. The average molecular weight is 481 g/mol. The van der Waals surface area contributed by atoms with Crippen molar-refractivity contribution in [1.82, 2.24) is 19.4 Å². The van der Waals surface area contributed by atoms with E-state index < -0.39 is 0 Å². The molecule has 0 spiro atoms. The van der Waals surface area contributed by atoms with Crippen molar-refractivity contribution < 1.29 is 14.4 Å². The molecule has 0 bridgehead atoms. The van der Waals surface area contributed by atoms with Gasteiger partial charge in [-0.15, -0.1) is 0 Å². The van der Waals surface area contributed by atoms with Crippen molar-refractivity contribution in [1.29, 1.82) is 0 Å². The van der Waals surface area contributed by atoms with Crippen LogP contribution in [0.4, 0.5) is 11.5 Å². The van der Waals surface area contributed by atoms with E-state index in [1.165, 1.54) is 6.20 Å². The Labute approximate surface area is 202 Å². The number of pyridine rings is 1. The summed E-state index contributed by atoms with van der Waals surface area (Å²) in [5, 5.41) is 6.15. The van der Waals surface area contributed by atoms with Gasteiger partial charge in [-0.05, 0) is 43.2 Å². The highest BCUT2D eigenvalue weighted by molar-refractivity contribution is 6.30. The van der Waals surface area contributed by atoms with Crippen LogP contribution in [0.5, 0.6) is 0 Å². The maximum absolute atomic E-state index is 13.0. The Bertz CT molecular complexity index is 1140. The summed E-state index contributed by atoms with van der Waals surface area (Å²) in [5.74, 6) is -0.102. The molecular formula is C24H25ClN6O3. The van der Waals surface area contributed by atoms with Crippen LogP contribution in [0.15, 0.2) is 61.3 Å². The van der Waals surface area contributed by atoms with Gasteiger partial charge >= 0.3 is 0 Å². The van der Waals surface area contributed by atoms with Crippen molar-refractivity contribution in [3.05, 3.63) is 71.9 Å². The van der Waals surface area contributed by atoms with Gasteiger partial charge in [-0.2, -0.15) is 0 Å². The van der Waals surface area contributed by atoms with Crippen LogP contribution in [-0.2, 0) is 16.1 Å². The second-order valence-electron chi connectivity index (χ2n) is 8.10. The normalized spacial score (nSPS) is 14.0. The van der Waals surface area contributed by atoms with Crippen LogP contribution >= 0.6 is 11.6 Å². The maximum Gasteiger partial charge on any atom is 0.253 e. The molecule has 2 N–H and O–H groups in total. The Morgan fingerprint density at radius 1 is 1.09 bits per heavy atom. The predicted octanol–water partition coefficient (Wildman–Crippen LogP) is 3.45. The molecule has 0 unspecified atom stereocenters. The fourth-order valence-electron chi connectivity index (χ4n) is 3.81. The van der Waals surface area contributed by atoms with E-state index in [1.807, 2.05) is 4.57 Å². The molecular weight excluding hydrogens is 456 g/mol. The standard InChI is InChI=1S/C24H25ClN6O3/c25-19-4-5-21(27-15-19)29-23(33)17-6-11-31(12-7-17)24(34)18-2-1-3-20(14-18)28-22(32)8-10-30-13-9-26-16-30/h1-5,9,13-17H,6-8,10-12H2,(H,28,32)(H,27,29,33). The highest BCUT2D eigenvalue weighted by Crippen LogP contribution is 2.22. The number of piperidine rings is 1. The van der Waals surface area contributed by atoms with Crippen molar-refractivity contribution in [2.45, 2.75) is 25.8 Å². The molecule has 0 radical (unpaired) electrons. The Morgan fingerprint density at radius 3 is 2.62 bits per heavy atom. The van der Waals surface area contributed by atoms with E-state index in [2.05, 4.69) is 20.6 Å². The molecule has 2 aromatic heterocycles. The van der Waals surface area contributed by atoms with Crippen LogP contribution in [0.1, 0.15) is 29.6 Å². The maximum atomic E-state index is 13.0. The quantitative estimate of drug-likeness (QED) is 0.538.